The number of ketones is 1. The molecule has 1 rings (SSSR count). The number of hydrogen-bond acceptors (Lipinski definition) is 4. The van der Waals surface area contributed by atoms with Crippen LogP contribution in [-0.2, 0) is 9.53 Å². The van der Waals surface area contributed by atoms with Crippen LogP contribution in [0.5, 0.6) is 0 Å². The van der Waals surface area contributed by atoms with Gasteiger partial charge in [0.1, 0.15) is 0 Å². The molecular weight excluding hydrogens is 349 g/mol. The average molecular weight is 374 g/mol. The summed E-state index contributed by atoms with van der Waals surface area (Å²) in [6.07, 6.45) is 5.44. The lowest BCUT2D eigenvalue weighted by atomic mass is 10.0. The molecule has 0 aromatic heterocycles. The maximum atomic E-state index is 12.2. The fraction of sp³-hybridized carbons (Fsp3) is 0.556. The molecule has 0 saturated carbocycles. The van der Waals surface area contributed by atoms with Crippen LogP contribution in [0.2, 0.25) is 10.0 Å². The molecule has 24 heavy (non-hydrogen) atoms. The molecule has 1 aromatic rings. The molecule has 0 saturated heterocycles. The molecule has 0 radical (unpaired) electrons. The fourth-order valence-electron chi connectivity index (χ4n) is 2.34. The summed E-state index contributed by atoms with van der Waals surface area (Å²) in [5.74, 6) is -0.651. The van der Waals surface area contributed by atoms with E-state index in [2.05, 4.69) is 6.92 Å². The number of unbranched alkanes of at least 4 members (excludes halogenated alkanes) is 4. The topological polar surface area (TPSA) is 69.4 Å². The Balaban J connectivity index is 2.33. The Morgan fingerprint density at radius 3 is 2.33 bits per heavy atom. The zero-order valence-electron chi connectivity index (χ0n) is 14.0. The molecule has 1 aromatic carbocycles. The van der Waals surface area contributed by atoms with Gasteiger partial charge in [0.05, 0.1) is 28.6 Å². The van der Waals surface area contributed by atoms with Crippen LogP contribution >= 0.6 is 23.2 Å². The number of Topliss-reactive ketones (excluding diaryl/α,β-unsaturated/α-hetero) is 1. The first-order valence-electron chi connectivity index (χ1n) is 8.34. The van der Waals surface area contributed by atoms with E-state index in [1.54, 1.807) is 18.2 Å². The molecule has 2 N–H and O–H groups in total. The molecule has 0 aliphatic carbocycles. The highest BCUT2D eigenvalue weighted by Gasteiger charge is 2.19. The molecule has 0 aliphatic heterocycles. The second kappa shape index (κ2) is 11.5. The number of esters is 1. The van der Waals surface area contributed by atoms with Crippen LogP contribution in [0.4, 0.5) is 0 Å². The van der Waals surface area contributed by atoms with E-state index in [9.17, 15) is 9.59 Å². The second-order valence-electron chi connectivity index (χ2n) is 5.82. The van der Waals surface area contributed by atoms with Crippen LogP contribution in [0.3, 0.4) is 0 Å². The van der Waals surface area contributed by atoms with Crippen molar-refractivity contribution in [3.63, 3.8) is 0 Å². The van der Waals surface area contributed by atoms with Gasteiger partial charge in [0.2, 0.25) is 0 Å². The Morgan fingerprint density at radius 2 is 1.71 bits per heavy atom. The van der Waals surface area contributed by atoms with E-state index < -0.39 is 6.04 Å². The molecule has 0 bridgehead atoms. The molecular formula is C18H25Cl2NO3. The van der Waals surface area contributed by atoms with Crippen molar-refractivity contribution in [2.24, 2.45) is 5.73 Å². The van der Waals surface area contributed by atoms with Crippen LogP contribution in [0.1, 0.15) is 62.2 Å². The predicted octanol–water partition coefficient (Wildman–Crippen LogP) is 4.80. The number of benzene rings is 1. The summed E-state index contributed by atoms with van der Waals surface area (Å²) in [7, 11) is 0. The molecule has 0 aliphatic rings. The van der Waals surface area contributed by atoms with Gasteiger partial charge >= 0.3 is 5.97 Å². The van der Waals surface area contributed by atoms with Gasteiger partial charge < -0.3 is 10.5 Å². The van der Waals surface area contributed by atoms with E-state index in [1.807, 2.05) is 0 Å². The summed E-state index contributed by atoms with van der Waals surface area (Å²) in [5.41, 5.74) is 6.13. The molecule has 1 unspecified atom stereocenters. The first-order chi connectivity index (χ1) is 11.5. The number of hydrogen-bond donors (Lipinski definition) is 1. The minimum Gasteiger partial charge on any atom is -0.466 e. The second-order valence-corrected chi connectivity index (χ2v) is 6.64. The van der Waals surface area contributed by atoms with Crippen molar-refractivity contribution in [2.45, 2.75) is 57.9 Å². The third kappa shape index (κ3) is 7.65. The summed E-state index contributed by atoms with van der Waals surface area (Å²) in [6.45, 7) is 2.55. The number of nitrogens with two attached hydrogens (primary N) is 1. The standard InChI is InChI=1S/C18H25Cl2NO3/c1-2-3-4-5-6-10-24-17(23)12-13(21)11-16(22)18-14(19)8-7-9-15(18)20/h7-9,13H,2-6,10-12,21H2,1H3. The number of halogens is 2. The van der Waals surface area contributed by atoms with Gasteiger partial charge in [-0.05, 0) is 18.6 Å². The van der Waals surface area contributed by atoms with E-state index in [1.165, 1.54) is 12.8 Å². The molecule has 6 heteroatoms. The van der Waals surface area contributed by atoms with Crippen molar-refractivity contribution in [1.82, 2.24) is 0 Å². The van der Waals surface area contributed by atoms with Crippen molar-refractivity contribution < 1.29 is 14.3 Å². The lowest BCUT2D eigenvalue weighted by Crippen LogP contribution is -2.28. The zero-order chi connectivity index (χ0) is 17.9. The van der Waals surface area contributed by atoms with E-state index in [0.29, 0.717) is 6.61 Å². The number of rotatable bonds is 11. The minimum absolute atomic E-state index is 0.00275. The third-order valence-corrected chi connectivity index (χ3v) is 4.26. The summed E-state index contributed by atoms with van der Waals surface area (Å²) in [4.78, 5) is 24.0. The molecule has 0 fully saturated rings. The van der Waals surface area contributed by atoms with Gasteiger partial charge in [-0.2, -0.15) is 0 Å². The van der Waals surface area contributed by atoms with Crippen LogP contribution in [0.15, 0.2) is 18.2 Å². The van der Waals surface area contributed by atoms with Crippen molar-refractivity contribution >= 4 is 35.0 Å². The van der Waals surface area contributed by atoms with Crippen molar-refractivity contribution in [2.75, 3.05) is 6.61 Å². The largest absolute Gasteiger partial charge is 0.466 e. The molecule has 1 atom stereocenters. The Labute approximate surface area is 153 Å². The first-order valence-corrected chi connectivity index (χ1v) is 9.09. The Bertz CT molecular complexity index is 529. The molecule has 4 nitrogen and oxygen atoms in total. The maximum Gasteiger partial charge on any atom is 0.307 e. The van der Waals surface area contributed by atoms with Gasteiger partial charge in [-0.1, -0.05) is 61.9 Å². The SMILES string of the molecule is CCCCCCCOC(=O)CC(N)CC(=O)c1c(Cl)cccc1Cl. The third-order valence-electron chi connectivity index (χ3n) is 3.63. The minimum atomic E-state index is -0.613. The number of carbonyl (C=O) groups excluding carboxylic acids is 2. The molecule has 0 amide bonds. The monoisotopic (exact) mass is 373 g/mol. The first kappa shape index (κ1) is 20.9. The van der Waals surface area contributed by atoms with Crippen molar-refractivity contribution in [1.29, 1.82) is 0 Å². The van der Waals surface area contributed by atoms with E-state index in [0.717, 1.165) is 19.3 Å². The van der Waals surface area contributed by atoms with Gasteiger partial charge in [0, 0.05) is 12.5 Å². The van der Waals surface area contributed by atoms with E-state index >= 15 is 0 Å². The highest BCUT2D eigenvalue weighted by atomic mass is 35.5. The highest BCUT2D eigenvalue weighted by Crippen LogP contribution is 2.26. The van der Waals surface area contributed by atoms with Crippen molar-refractivity contribution in [3.05, 3.63) is 33.8 Å². The smallest absolute Gasteiger partial charge is 0.307 e. The maximum absolute atomic E-state index is 12.2. The highest BCUT2D eigenvalue weighted by molar-refractivity contribution is 6.39. The zero-order valence-corrected chi connectivity index (χ0v) is 15.5. The lowest BCUT2D eigenvalue weighted by molar-refractivity contribution is -0.144. The summed E-state index contributed by atoms with van der Waals surface area (Å²) in [5, 5.41) is 0.573. The Morgan fingerprint density at radius 1 is 1.08 bits per heavy atom. The predicted molar refractivity (Wildman–Crippen MR) is 97.7 cm³/mol. The quantitative estimate of drug-likeness (QED) is 0.343. The lowest BCUT2D eigenvalue weighted by Gasteiger charge is -2.12. The van der Waals surface area contributed by atoms with Crippen LogP contribution in [0, 0.1) is 0 Å². The number of ether oxygens (including phenoxy) is 1. The molecule has 0 spiro atoms. The van der Waals surface area contributed by atoms with Gasteiger partial charge in [-0.15, -0.1) is 0 Å². The molecule has 134 valence electrons. The Kier molecular flexibility index (Phi) is 9.99. The van der Waals surface area contributed by atoms with Crippen LogP contribution in [0.25, 0.3) is 0 Å². The number of carbonyl (C=O) groups is 2. The summed E-state index contributed by atoms with van der Waals surface area (Å²) < 4.78 is 5.15. The molecule has 0 heterocycles. The summed E-state index contributed by atoms with van der Waals surface area (Å²) in [6, 6.07) is 4.24. The van der Waals surface area contributed by atoms with Gasteiger partial charge in [-0.25, -0.2) is 0 Å². The fourth-order valence-corrected chi connectivity index (χ4v) is 2.95. The van der Waals surface area contributed by atoms with E-state index in [4.69, 9.17) is 33.7 Å². The van der Waals surface area contributed by atoms with E-state index in [-0.39, 0.29) is 40.2 Å². The van der Waals surface area contributed by atoms with Gasteiger partial charge in [0.25, 0.3) is 0 Å². The van der Waals surface area contributed by atoms with Gasteiger partial charge in [-0.3, -0.25) is 9.59 Å². The van der Waals surface area contributed by atoms with Crippen molar-refractivity contribution in [3.8, 4) is 0 Å². The van der Waals surface area contributed by atoms with Crippen LogP contribution in [-0.4, -0.2) is 24.4 Å². The van der Waals surface area contributed by atoms with Gasteiger partial charge in [0.15, 0.2) is 5.78 Å². The van der Waals surface area contributed by atoms with Crippen LogP contribution < -0.4 is 5.73 Å². The summed E-state index contributed by atoms with van der Waals surface area (Å²) >= 11 is 12.0. The normalized spacial score (nSPS) is 12.0. The Hall–Kier alpha value is -1.10. The average Bonchev–Trinajstić information content (AvgIpc) is 2.50.